The van der Waals surface area contributed by atoms with Gasteiger partial charge in [0.1, 0.15) is 0 Å². The summed E-state index contributed by atoms with van der Waals surface area (Å²) in [5, 5.41) is 9.48. The van der Waals surface area contributed by atoms with Crippen molar-refractivity contribution in [1.29, 1.82) is 0 Å². The van der Waals surface area contributed by atoms with Crippen molar-refractivity contribution in [3.63, 3.8) is 0 Å². The van der Waals surface area contributed by atoms with Gasteiger partial charge in [0.2, 0.25) is 5.91 Å². The van der Waals surface area contributed by atoms with Crippen LogP contribution in [0.2, 0.25) is 0 Å². The van der Waals surface area contributed by atoms with E-state index in [-0.39, 0.29) is 11.9 Å². The summed E-state index contributed by atoms with van der Waals surface area (Å²) in [5.74, 6) is 1.02. The van der Waals surface area contributed by atoms with E-state index in [4.69, 9.17) is 0 Å². The molecule has 16 heavy (non-hydrogen) atoms. The molecule has 0 aromatic rings. The minimum atomic E-state index is -0.0303. The summed E-state index contributed by atoms with van der Waals surface area (Å²) in [4.78, 5) is 11.8. The molecule has 1 unspecified atom stereocenters. The first kappa shape index (κ1) is 11.9. The molecule has 0 aromatic carbocycles. The molecule has 1 heterocycles. The van der Waals surface area contributed by atoms with Crippen LogP contribution in [-0.4, -0.2) is 38.1 Å². The number of hydrogen-bond acceptors (Lipinski definition) is 3. The molecular weight excluding hydrogens is 202 g/mol. The summed E-state index contributed by atoms with van der Waals surface area (Å²) in [6.45, 7) is 3.46. The van der Waals surface area contributed by atoms with Gasteiger partial charge in [-0.1, -0.05) is 25.7 Å². The zero-order valence-electron chi connectivity index (χ0n) is 9.93. The molecule has 1 saturated heterocycles. The minimum absolute atomic E-state index is 0.0303. The van der Waals surface area contributed by atoms with Gasteiger partial charge in [0, 0.05) is 26.2 Å². The predicted molar refractivity (Wildman–Crippen MR) is 64.2 cm³/mol. The van der Waals surface area contributed by atoms with Gasteiger partial charge in [-0.15, -0.1) is 0 Å². The monoisotopic (exact) mass is 225 g/mol. The molecule has 1 amide bonds. The average molecular weight is 225 g/mol. The smallest absolute Gasteiger partial charge is 0.238 e. The second-order valence-electron chi connectivity index (χ2n) is 4.94. The van der Waals surface area contributed by atoms with Crippen LogP contribution in [0.25, 0.3) is 0 Å². The summed E-state index contributed by atoms with van der Waals surface area (Å²) in [5.41, 5.74) is 0. The van der Waals surface area contributed by atoms with Crippen LogP contribution in [0.1, 0.15) is 32.1 Å². The fourth-order valence-electron chi connectivity index (χ4n) is 2.66. The second-order valence-corrected chi connectivity index (χ2v) is 4.94. The van der Waals surface area contributed by atoms with Gasteiger partial charge < -0.3 is 16.0 Å². The lowest BCUT2D eigenvalue weighted by molar-refractivity contribution is -0.123. The van der Waals surface area contributed by atoms with Crippen molar-refractivity contribution in [1.82, 2.24) is 16.0 Å². The molecule has 0 bridgehead atoms. The molecule has 1 saturated carbocycles. The van der Waals surface area contributed by atoms with Crippen molar-refractivity contribution in [2.24, 2.45) is 5.92 Å². The first-order chi connectivity index (χ1) is 7.86. The fourth-order valence-corrected chi connectivity index (χ4v) is 2.66. The van der Waals surface area contributed by atoms with Crippen LogP contribution in [-0.2, 0) is 4.79 Å². The third kappa shape index (κ3) is 3.46. The van der Waals surface area contributed by atoms with E-state index < -0.39 is 0 Å². The van der Waals surface area contributed by atoms with E-state index in [2.05, 4.69) is 16.0 Å². The number of carbonyl (C=O) groups excluding carboxylic acids is 1. The van der Waals surface area contributed by atoms with E-state index >= 15 is 0 Å². The van der Waals surface area contributed by atoms with Gasteiger partial charge in [-0.05, 0) is 12.3 Å². The van der Waals surface area contributed by atoms with Gasteiger partial charge in [0.05, 0.1) is 6.04 Å². The molecule has 2 fully saturated rings. The first-order valence-electron chi connectivity index (χ1n) is 6.58. The second kappa shape index (κ2) is 6.21. The molecule has 2 rings (SSSR count). The maximum absolute atomic E-state index is 11.8. The minimum Gasteiger partial charge on any atom is -0.355 e. The van der Waals surface area contributed by atoms with E-state index in [0.29, 0.717) is 0 Å². The highest BCUT2D eigenvalue weighted by atomic mass is 16.2. The summed E-state index contributed by atoms with van der Waals surface area (Å²) < 4.78 is 0. The van der Waals surface area contributed by atoms with Crippen LogP contribution in [0.15, 0.2) is 0 Å². The van der Waals surface area contributed by atoms with Crippen LogP contribution < -0.4 is 16.0 Å². The van der Waals surface area contributed by atoms with Crippen LogP contribution in [0.4, 0.5) is 0 Å². The van der Waals surface area contributed by atoms with Crippen molar-refractivity contribution < 1.29 is 4.79 Å². The topological polar surface area (TPSA) is 53.2 Å². The number of carbonyl (C=O) groups is 1. The molecule has 0 radical (unpaired) electrons. The van der Waals surface area contributed by atoms with Crippen molar-refractivity contribution in [3.8, 4) is 0 Å². The van der Waals surface area contributed by atoms with Gasteiger partial charge in [-0.2, -0.15) is 0 Å². The summed E-state index contributed by atoms with van der Waals surface area (Å²) >= 11 is 0. The summed E-state index contributed by atoms with van der Waals surface area (Å²) in [7, 11) is 0. The van der Waals surface area contributed by atoms with Crippen molar-refractivity contribution in [2.45, 2.75) is 38.1 Å². The average Bonchev–Trinajstić information content (AvgIpc) is 2.83. The highest BCUT2D eigenvalue weighted by molar-refractivity contribution is 5.82. The van der Waals surface area contributed by atoms with E-state index in [0.717, 1.165) is 38.5 Å². The van der Waals surface area contributed by atoms with E-state index in [1.807, 2.05) is 0 Å². The van der Waals surface area contributed by atoms with Crippen LogP contribution >= 0.6 is 0 Å². The zero-order valence-corrected chi connectivity index (χ0v) is 9.93. The van der Waals surface area contributed by atoms with Crippen molar-refractivity contribution in [3.05, 3.63) is 0 Å². The van der Waals surface area contributed by atoms with E-state index in [1.54, 1.807) is 0 Å². The van der Waals surface area contributed by atoms with Gasteiger partial charge in [0.15, 0.2) is 0 Å². The standard InChI is InChI=1S/C12H23N3O/c16-12(11-9-13-7-8-14-11)15-6-5-10-3-1-2-4-10/h10-11,13-14H,1-9H2,(H,15,16). The van der Waals surface area contributed by atoms with Crippen LogP contribution in [0, 0.1) is 5.92 Å². The molecular formula is C12H23N3O. The summed E-state index contributed by atoms with van der Waals surface area (Å²) in [6.07, 6.45) is 6.64. The SMILES string of the molecule is O=C(NCCC1CCCC1)C1CNCCN1. The Balaban J connectivity index is 1.59. The molecule has 1 aliphatic carbocycles. The van der Waals surface area contributed by atoms with Gasteiger partial charge in [-0.25, -0.2) is 0 Å². The molecule has 1 aliphatic heterocycles. The Hall–Kier alpha value is -0.610. The number of rotatable bonds is 4. The lowest BCUT2D eigenvalue weighted by Gasteiger charge is -2.23. The number of piperazine rings is 1. The predicted octanol–water partition coefficient (Wildman–Crippen LogP) is 0.244. The van der Waals surface area contributed by atoms with E-state index in [1.165, 1.54) is 25.7 Å². The first-order valence-corrected chi connectivity index (χ1v) is 6.58. The fraction of sp³-hybridized carbons (Fsp3) is 0.917. The highest BCUT2D eigenvalue weighted by Crippen LogP contribution is 2.26. The van der Waals surface area contributed by atoms with E-state index in [9.17, 15) is 4.79 Å². The largest absolute Gasteiger partial charge is 0.355 e. The third-order valence-corrected chi connectivity index (χ3v) is 3.68. The van der Waals surface area contributed by atoms with Gasteiger partial charge in [-0.3, -0.25) is 4.79 Å². The normalized spacial score (nSPS) is 26.9. The molecule has 2 aliphatic rings. The van der Waals surface area contributed by atoms with Crippen LogP contribution in [0.3, 0.4) is 0 Å². The molecule has 0 aromatic heterocycles. The third-order valence-electron chi connectivity index (χ3n) is 3.68. The van der Waals surface area contributed by atoms with Gasteiger partial charge >= 0.3 is 0 Å². The Morgan fingerprint density at radius 2 is 2.06 bits per heavy atom. The number of nitrogens with one attached hydrogen (secondary N) is 3. The maximum atomic E-state index is 11.8. The Morgan fingerprint density at radius 1 is 1.25 bits per heavy atom. The Labute approximate surface area is 97.6 Å². The molecule has 92 valence electrons. The van der Waals surface area contributed by atoms with Gasteiger partial charge in [0.25, 0.3) is 0 Å². The lowest BCUT2D eigenvalue weighted by atomic mass is 10.0. The molecule has 4 nitrogen and oxygen atoms in total. The quantitative estimate of drug-likeness (QED) is 0.642. The zero-order chi connectivity index (χ0) is 11.2. The lowest BCUT2D eigenvalue weighted by Crippen LogP contribution is -2.55. The summed E-state index contributed by atoms with van der Waals surface area (Å²) in [6, 6.07) is -0.0303. The molecule has 1 atom stereocenters. The number of amides is 1. The van der Waals surface area contributed by atoms with Crippen molar-refractivity contribution >= 4 is 5.91 Å². The Kier molecular flexibility index (Phi) is 4.60. The molecule has 4 heteroatoms. The Morgan fingerprint density at radius 3 is 2.75 bits per heavy atom. The molecule has 3 N–H and O–H groups in total. The molecule has 0 spiro atoms. The number of hydrogen-bond donors (Lipinski definition) is 3. The highest BCUT2D eigenvalue weighted by Gasteiger charge is 2.20. The Bertz CT molecular complexity index is 220. The maximum Gasteiger partial charge on any atom is 0.238 e. The van der Waals surface area contributed by atoms with Crippen molar-refractivity contribution in [2.75, 3.05) is 26.2 Å². The van der Waals surface area contributed by atoms with Crippen LogP contribution in [0.5, 0.6) is 0 Å².